The number of nitrogens with zero attached hydrogens (tertiary/aromatic N) is 3. The first-order valence-electron chi connectivity index (χ1n) is 8.21. The second-order valence-corrected chi connectivity index (χ2v) is 5.87. The number of rotatable bonds is 4. The fraction of sp³-hybridized carbons (Fsp3) is 0.100. The van der Waals surface area contributed by atoms with Gasteiger partial charge in [-0.25, -0.2) is 4.98 Å². The van der Waals surface area contributed by atoms with Crippen LogP contribution in [0.2, 0.25) is 0 Å². The number of hydrogen-bond donors (Lipinski definition) is 1. The normalized spacial score (nSPS) is 10.8. The lowest BCUT2D eigenvalue weighted by Gasteiger charge is -2.07. The van der Waals surface area contributed by atoms with Crippen molar-refractivity contribution < 1.29 is 9.21 Å². The molecule has 3 aromatic heterocycles. The minimum absolute atomic E-state index is 0.124. The van der Waals surface area contributed by atoms with E-state index in [9.17, 15) is 4.79 Å². The van der Waals surface area contributed by atoms with Gasteiger partial charge in [0.25, 0.3) is 0 Å². The maximum Gasteiger partial charge on any atom is 0.230 e. The highest BCUT2D eigenvalue weighted by Gasteiger charge is 2.15. The highest BCUT2D eigenvalue weighted by Crippen LogP contribution is 2.23. The summed E-state index contributed by atoms with van der Waals surface area (Å²) in [6.45, 7) is 1.80. The van der Waals surface area contributed by atoms with E-state index in [1.807, 2.05) is 42.5 Å². The van der Waals surface area contributed by atoms with Crippen molar-refractivity contribution in [3.05, 3.63) is 72.5 Å². The molecule has 0 aliphatic rings. The van der Waals surface area contributed by atoms with Crippen LogP contribution >= 0.6 is 0 Å². The zero-order valence-electron chi connectivity index (χ0n) is 14.1. The Hall–Kier alpha value is -3.54. The van der Waals surface area contributed by atoms with E-state index in [2.05, 4.69) is 20.3 Å². The van der Waals surface area contributed by atoms with Crippen LogP contribution in [0.1, 0.15) is 11.5 Å². The first-order valence-corrected chi connectivity index (χ1v) is 8.21. The van der Waals surface area contributed by atoms with Gasteiger partial charge in [0.2, 0.25) is 11.8 Å². The van der Waals surface area contributed by atoms with E-state index < -0.39 is 0 Å². The molecule has 0 saturated carbocycles. The molecule has 6 heteroatoms. The molecule has 1 amide bonds. The number of oxazole rings is 1. The molecule has 26 heavy (non-hydrogen) atoms. The van der Waals surface area contributed by atoms with Crippen LogP contribution in [-0.2, 0) is 11.2 Å². The fourth-order valence-electron chi connectivity index (χ4n) is 2.76. The number of amides is 1. The van der Waals surface area contributed by atoms with Crippen molar-refractivity contribution in [1.82, 2.24) is 15.0 Å². The van der Waals surface area contributed by atoms with E-state index in [0.29, 0.717) is 23.0 Å². The molecule has 0 aliphatic carbocycles. The first-order chi connectivity index (χ1) is 12.7. The number of para-hydroxylation sites is 1. The molecule has 1 aromatic carbocycles. The van der Waals surface area contributed by atoms with Crippen molar-refractivity contribution in [2.45, 2.75) is 13.3 Å². The summed E-state index contributed by atoms with van der Waals surface area (Å²) < 4.78 is 5.68. The van der Waals surface area contributed by atoms with Crippen molar-refractivity contribution in [2.24, 2.45) is 0 Å². The van der Waals surface area contributed by atoms with Crippen LogP contribution in [0.15, 0.2) is 65.5 Å². The van der Waals surface area contributed by atoms with Crippen LogP contribution < -0.4 is 5.32 Å². The third kappa shape index (κ3) is 3.17. The lowest BCUT2D eigenvalue weighted by Crippen LogP contribution is -2.15. The second-order valence-electron chi connectivity index (χ2n) is 5.87. The van der Waals surface area contributed by atoms with Gasteiger partial charge < -0.3 is 9.73 Å². The van der Waals surface area contributed by atoms with Gasteiger partial charge in [0.1, 0.15) is 5.76 Å². The summed E-state index contributed by atoms with van der Waals surface area (Å²) in [5.41, 5.74) is 2.83. The van der Waals surface area contributed by atoms with E-state index in [0.717, 1.165) is 16.5 Å². The van der Waals surface area contributed by atoms with Gasteiger partial charge >= 0.3 is 0 Å². The molecule has 0 unspecified atom stereocenters. The number of fused-ring (bicyclic) bond motifs is 1. The summed E-state index contributed by atoms with van der Waals surface area (Å²) in [6.07, 6.45) is 5.20. The Morgan fingerprint density at radius 2 is 1.96 bits per heavy atom. The molecule has 0 spiro atoms. The minimum Gasteiger partial charge on any atom is -0.441 e. The third-order valence-corrected chi connectivity index (χ3v) is 4.04. The van der Waals surface area contributed by atoms with Crippen LogP contribution in [0.25, 0.3) is 22.4 Å². The van der Waals surface area contributed by atoms with Gasteiger partial charge in [0.05, 0.1) is 28.9 Å². The van der Waals surface area contributed by atoms with E-state index in [1.54, 1.807) is 25.5 Å². The van der Waals surface area contributed by atoms with Crippen molar-refractivity contribution in [2.75, 3.05) is 5.32 Å². The number of carbonyl (C=O) groups excluding carboxylic acids is 1. The molecule has 0 aliphatic heterocycles. The van der Waals surface area contributed by atoms with Gasteiger partial charge in [0.15, 0.2) is 0 Å². The average Bonchev–Trinajstić information content (AvgIpc) is 3.03. The number of nitrogens with one attached hydrogen (secondary N) is 1. The maximum atomic E-state index is 12.5. The Kier molecular flexibility index (Phi) is 4.15. The summed E-state index contributed by atoms with van der Waals surface area (Å²) in [5.74, 6) is 0.914. The number of carbonyl (C=O) groups is 1. The summed E-state index contributed by atoms with van der Waals surface area (Å²) in [5, 5.41) is 3.89. The summed E-state index contributed by atoms with van der Waals surface area (Å²) >= 11 is 0. The Morgan fingerprint density at radius 3 is 2.81 bits per heavy atom. The monoisotopic (exact) mass is 344 g/mol. The number of benzene rings is 1. The standard InChI is InChI=1S/C20H16N4O2/c1-13-17(24-20(26-13)15-7-3-9-21-12-15)11-18(25)23-16-8-2-5-14-6-4-10-22-19(14)16/h2-10,12H,11H2,1H3,(H,23,25). The molecular formula is C20H16N4O2. The molecule has 0 radical (unpaired) electrons. The van der Waals surface area contributed by atoms with Crippen LogP contribution in [0, 0.1) is 6.92 Å². The molecule has 6 nitrogen and oxygen atoms in total. The molecule has 128 valence electrons. The van der Waals surface area contributed by atoms with Gasteiger partial charge in [-0.05, 0) is 31.2 Å². The molecule has 4 rings (SSSR count). The van der Waals surface area contributed by atoms with Gasteiger partial charge in [-0.3, -0.25) is 14.8 Å². The van der Waals surface area contributed by atoms with E-state index in [4.69, 9.17) is 4.42 Å². The Morgan fingerprint density at radius 1 is 1.12 bits per heavy atom. The first kappa shape index (κ1) is 16.0. The highest BCUT2D eigenvalue weighted by atomic mass is 16.4. The average molecular weight is 344 g/mol. The molecule has 0 saturated heterocycles. The van der Waals surface area contributed by atoms with Crippen LogP contribution in [0.5, 0.6) is 0 Å². The number of aromatic nitrogens is 3. The van der Waals surface area contributed by atoms with Gasteiger partial charge in [0, 0.05) is 24.0 Å². The summed E-state index contributed by atoms with van der Waals surface area (Å²) in [6, 6.07) is 13.2. The summed E-state index contributed by atoms with van der Waals surface area (Å²) in [4.78, 5) is 25.3. The summed E-state index contributed by atoms with van der Waals surface area (Å²) in [7, 11) is 0. The Bertz CT molecular complexity index is 1070. The predicted molar refractivity (Wildman–Crippen MR) is 98.5 cm³/mol. The van der Waals surface area contributed by atoms with Gasteiger partial charge in [-0.15, -0.1) is 0 Å². The SMILES string of the molecule is Cc1oc(-c2cccnc2)nc1CC(=O)Nc1cccc2cccnc12. The highest BCUT2D eigenvalue weighted by molar-refractivity contribution is 6.00. The Labute approximate surface area is 149 Å². The lowest BCUT2D eigenvalue weighted by atomic mass is 10.2. The molecule has 0 bridgehead atoms. The smallest absolute Gasteiger partial charge is 0.230 e. The van der Waals surface area contributed by atoms with Crippen molar-refractivity contribution in [3.63, 3.8) is 0 Å². The largest absolute Gasteiger partial charge is 0.441 e. The van der Waals surface area contributed by atoms with Crippen LogP contribution in [-0.4, -0.2) is 20.9 Å². The number of hydrogen-bond acceptors (Lipinski definition) is 5. The number of aryl methyl sites for hydroxylation is 1. The molecular weight excluding hydrogens is 328 g/mol. The minimum atomic E-state index is -0.169. The van der Waals surface area contributed by atoms with Crippen LogP contribution in [0.3, 0.4) is 0 Å². The van der Waals surface area contributed by atoms with Crippen molar-refractivity contribution >= 4 is 22.5 Å². The zero-order chi connectivity index (χ0) is 17.9. The molecule has 0 fully saturated rings. The molecule has 1 N–H and O–H groups in total. The third-order valence-electron chi connectivity index (χ3n) is 4.04. The Balaban J connectivity index is 1.54. The van der Waals surface area contributed by atoms with Crippen LogP contribution in [0.4, 0.5) is 5.69 Å². The van der Waals surface area contributed by atoms with Gasteiger partial charge in [-0.1, -0.05) is 18.2 Å². The van der Waals surface area contributed by atoms with Crippen molar-refractivity contribution in [1.29, 1.82) is 0 Å². The van der Waals surface area contributed by atoms with E-state index >= 15 is 0 Å². The topological polar surface area (TPSA) is 80.9 Å². The van der Waals surface area contributed by atoms with Gasteiger partial charge in [-0.2, -0.15) is 0 Å². The quantitative estimate of drug-likeness (QED) is 0.609. The second kappa shape index (κ2) is 6.76. The lowest BCUT2D eigenvalue weighted by molar-refractivity contribution is -0.115. The molecule has 0 atom stereocenters. The number of anilines is 1. The maximum absolute atomic E-state index is 12.5. The fourth-order valence-corrected chi connectivity index (χ4v) is 2.76. The van der Waals surface area contributed by atoms with Crippen molar-refractivity contribution in [3.8, 4) is 11.5 Å². The number of pyridine rings is 2. The van der Waals surface area contributed by atoms with E-state index in [1.165, 1.54) is 0 Å². The van der Waals surface area contributed by atoms with E-state index in [-0.39, 0.29) is 12.3 Å². The molecule has 3 heterocycles. The predicted octanol–water partition coefficient (Wildman–Crippen LogP) is 3.77. The zero-order valence-corrected chi connectivity index (χ0v) is 14.1. The molecule has 4 aromatic rings.